The third-order valence-corrected chi connectivity index (χ3v) is 4.41. The van der Waals surface area contributed by atoms with Crippen LogP contribution in [0.2, 0.25) is 0 Å². The Bertz CT molecular complexity index is 520. The van der Waals surface area contributed by atoms with Gasteiger partial charge in [-0.15, -0.1) is 0 Å². The van der Waals surface area contributed by atoms with Crippen molar-refractivity contribution in [2.45, 2.75) is 58.8 Å². The minimum Gasteiger partial charge on any atom is -0.361 e. The number of hydrogen-bond donors (Lipinski definition) is 1. The Kier molecular flexibility index (Phi) is 6.62. The zero-order chi connectivity index (χ0) is 16.7. The molecule has 1 aromatic heterocycles. The average molecular weight is 321 g/mol. The second-order valence-electron chi connectivity index (χ2n) is 6.20. The fourth-order valence-corrected chi connectivity index (χ4v) is 2.94. The van der Waals surface area contributed by atoms with Crippen molar-refractivity contribution < 1.29 is 14.1 Å². The van der Waals surface area contributed by atoms with E-state index in [1.807, 2.05) is 18.7 Å². The van der Waals surface area contributed by atoms with Gasteiger partial charge in [-0.3, -0.25) is 9.59 Å². The molecule has 6 nitrogen and oxygen atoms in total. The first-order valence-corrected chi connectivity index (χ1v) is 8.54. The highest BCUT2D eigenvalue weighted by molar-refractivity contribution is 5.79. The van der Waals surface area contributed by atoms with E-state index in [-0.39, 0.29) is 11.8 Å². The summed E-state index contributed by atoms with van der Waals surface area (Å²) < 4.78 is 5.14. The van der Waals surface area contributed by atoms with Gasteiger partial charge in [0.25, 0.3) is 0 Å². The molecule has 0 aliphatic carbocycles. The van der Waals surface area contributed by atoms with Crippen molar-refractivity contribution in [3.63, 3.8) is 0 Å². The van der Waals surface area contributed by atoms with Gasteiger partial charge in [-0.1, -0.05) is 18.0 Å². The Morgan fingerprint density at radius 2 is 2.00 bits per heavy atom. The van der Waals surface area contributed by atoms with Crippen molar-refractivity contribution in [2.24, 2.45) is 0 Å². The fraction of sp³-hybridized carbons (Fsp3) is 0.706. The third kappa shape index (κ3) is 5.37. The largest absolute Gasteiger partial charge is 0.361 e. The van der Waals surface area contributed by atoms with E-state index in [0.29, 0.717) is 25.8 Å². The maximum absolute atomic E-state index is 12.5. The van der Waals surface area contributed by atoms with Crippen molar-refractivity contribution in [2.75, 3.05) is 19.6 Å². The van der Waals surface area contributed by atoms with E-state index in [1.165, 1.54) is 0 Å². The lowest BCUT2D eigenvalue weighted by Crippen LogP contribution is -2.36. The quantitative estimate of drug-likeness (QED) is 0.925. The molecule has 0 unspecified atom stereocenters. The summed E-state index contributed by atoms with van der Waals surface area (Å²) in [7, 11) is 0. The van der Waals surface area contributed by atoms with Crippen LogP contribution in [0.15, 0.2) is 4.52 Å². The summed E-state index contributed by atoms with van der Waals surface area (Å²) >= 11 is 0. The molecule has 0 saturated carbocycles. The molecule has 1 fully saturated rings. The lowest BCUT2D eigenvalue weighted by atomic mass is 10.1. The number of carbonyl (C=O) groups excluding carboxylic acids is 2. The van der Waals surface area contributed by atoms with E-state index < -0.39 is 0 Å². The van der Waals surface area contributed by atoms with Gasteiger partial charge in [0, 0.05) is 38.0 Å². The van der Waals surface area contributed by atoms with E-state index in [0.717, 1.165) is 55.8 Å². The fourth-order valence-electron chi connectivity index (χ4n) is 2.94. The monoisotopic (exact) mass is 321 g/mol. The van der Waals surface area contributed by atoms with Gasteiger partial charge in [-0.25, -0.2) is 0 Å². The van der Waals surface area contributed by atoms with Crippen molar-refractivity contribution in [1.29, 1.82) is 0 Å². The number of aryl methyl sites for hydroxylation is 2. The summed E-state index contributed by atoms with van der Waals surface area (Å²) in [5, 5.41) is 6.84. The summed E-state index contributed by atoms with van der Waals surface area (Å²) in [6, 6.07) is 0. The molecule has 0 aromatic carbocycles. The number of rotatable bonds is 3. The van der Waals surface area contributed by atoms with Crippen LogP contribution >= 0.6 is 0 Å². The van der Waals surface area contributed by atoms with E-state index in [4.69, 9.17) is 4.52 Å². The Morgan fingerprint density at radius 1 is 1.22 bits per heavy atom. The van der Waals surface area contributed by atoms with E-state index in [2.05, 4.69) is 10.5 Å². The maximum Gasteiger partial charge on any atom is 0.222 e. The van der Waals surface area contributed by atoms with E-state index in [9.17, 15) is 9.59 Å². The molecule has 1 saturated heterocycles. The molecule has 0 bridgehead atoms. The van der Waals surface area contributed by atoms with Crippen molar-refractivity contribution in [1.82, 2.24) is 15.4 Å². The Balaban J connectivity index is 1.90. The lowest BCUT2D eigenvalue weighted by molar-refractivity contribution is -0.132. The minimum absolute atomic E-state index is 0.0374. The van der Waals surface area contributed by atoms with Gasteiger partial charge < -0.3 is 14.7 Å². The molecule has 2 amide bonds. The van der Waals surface area contributed by atoms with Crippen LogP contribution in [0.1, 0.15) is 55.5 Å². The second-order valence-corrected chi connectivity index (χ2v) is 6.20. The number of nitrogens with one attached hydrogen (secondary N) is 1. The first kappa shape index (κ1) is 17.5. The molecule has 2 rings (SSSR count). The summed E-state index contributed by atoms with van der Waals surface area (Å²) in [6.45, 7) is 5.77. The van der Waals surface area contributed by atoms with Gasteiger partial charge >= 0.3 is 0 Å². The Morgan fingerprint density at radius 3 is 2.74 bits per heavy atom. The average Bonchev–Trinajstić information content (AvgIpc) is 2.82. The Labute approximate surface area is 137 Å². The topological polar surface area (TPSA) is 75.4 Å². The molecule has 0 atom stereocenters. The predicted molar refractivity (Wildman–Crippen MR) is 87.0 cm³/mol. The highest BCUT2D eigenvalue weighted by Gasteiger charge is 2.17. The number of nitrogens with zero attached hydrogens (tertiary/aromatic N) is 2. The number of carbonyl (C=O) groups is 2. The van der Waals surface area contributed by atoms with Crippen molar-refractivity contribution in [3.8, 4) is 0 Å². The lowest BCUT2D eigenvalue weighted by Gasteiger charge is -2.22. The molecule has 0 radical (unpaired) electrons. The molecule has 128 valence electrons. The number of hydrogen-bond acceptors (Lipinski definition) is 4. The minimum atomic E-state index is 0.0374. The Hall–Kier alpha value is -1.85. The van der Waals surface area contributed by atoms with Gasteiger partial charge in [-0.2, -0.15) is 0 Å². The molecule has 1 N–H and O–H groups in total. The molecule has 6 heteroatoms. The van der Waals surface area contributed by atoms with Gasteiger partial charge in [0.2, 0.25) is 11.8 Å². The van der Waals surface area contributed by atoms with Crippen LogP contribution in [-0.4, -0.2) is 41.5 Å². The number of amides is 2. The van der Waals surface area contributed by atoms with Crippen LogP contribution in [0.4, 0.5) is 0 Å². The smallest absolute Gasteiger partial charge is 0.222 e. The first-order chi connectivity index (χ1) is 11.1. The molecule has 0 spiro atoms. The molecule has 1 aliphatic rings. The summed E-state index contributed by atoms with van der Waals surface area (Å²) in [5.41, 5.74) is 1.88. The molecular weight excluding hydrogens is 294 g/mol. The van der Waals surface area contributed by atoms with Crippen LogP contribution in [0.3, 0.4) is 0 Å². The zero-order valence-corrected chi connectivity index (χ0v) is 14.2. The van der Waals surface area contributed by atoms with Crippen LogP contribution in [0.25, 0.3) is 0 Å². The SMILES string of the molecule is Cc1noc(C)c1CCC(=O)N1CCCCCCNC(=O)CC1. The predicted octanol–water partition coefficient (Wildman–Crippen LogP) is 2.13. The van der Waals surface area contributed by atoms with Crippen molar-refractivity contribution >= 4 is 11.8 Å². The summed E-state index contributed by atoms with van der Waals surface area (Å²) in [5.74, 6) is 0.930. The third-order valence-electron chi connectivity index (χ3n) is 4.41. The van der Waals surface area contributed by atoms with Gasteiger partial charge in [0.05, 0.1) is 5.69 Å². The maximum atomic E-state index is 12.5. The highest BCUT2D eigenvalue weighted by atomic mass is 16.5. The van der Waals surface area contributed by atoms with Gasteiger partial charge in [0.1, 0.15) is 5.76 Å². The summed E-state index contributed by atoms with van der Waals surface area (Å²) in [6.07, 6.45) is 5.69. The standard InChI is InChI=1S/C17H27N3O3/c1-13-15(14(2)23-19-13)7-8-17(22)20-11-6-4-3-5-10-18-16(21)9-12-20/h3-12H2,1-2H3,(H,18,21). The molecular formula is C17H27N3O3. The normalized spacial score (nSPS) is 17.5. The van der Waals surface area contributed by atoms with E-state index in [1.54, 1.807) is 0 Å². The molecule has 23 heavy (non-hydrogen) atoms. The first-order valence-electron chi connectivity index (χ1n) is 8.54. The van der Waals surface area contributed by atoms with Gasteiger partial charge in [0.15, 0.2) is 0 Å². The van der Waals surface area contributed by atoms with Gasteiger partial charge in [-0.05, 0) is 33.1 Å². The zero-order valence-electron chi connectivity index (χ0n) is 14.2. The summed E-state index contributed by atoms with van der Waals surface area (Å²) in [4.78, 5) is 26.1. The molecule has 1 aliphatic heterocycles. The van der Waals surface area contributed by atoms with Crippen LogP contribution in [0, 0.1) is 13.8 Å². The van der Waals surface area contributed by atoms with Crippen molar-refractivity contribution in [3.05, 3.63) is 17.0 Å². The van der Waals surface area contributed by atoms with Crippen LogP contribution in [-0.2, 0) is 16.0 Å². The highest BCUT2D eigenvalue weighted by Crippen LogP contribution is 2.15. The molecule has 2 heterocycles. The van der Waals surface area contributed by atoms with Crippen LogP contribution in [0.5, 0.6) is 0 Å². The molecule has 1 aromatic rings. The van der Waals surface area contributed by atoms with Crippen LogP contribution < -0.4 is 5.32 Å². The number of aromatic nitrogens is 1. The second kappa shape index (κ2) is 8.70. The van der Waals surface area contributed by atoms with E-state index >= 15 is 0 Å².